The lowest BCUT2D eigenvalue weighted by atomic mass is 10.1. The summed E-state index contributed by atoms with van der Waals surface area (Å²) in [5.41, 5.74) is 2.07. The highest BCUT2D eigenvalue weighted by atomic mass is 32.2. The Hall–Kier alpha value is -2.71. The standard InChI is InChI=1S/C26H37N3O4S/c1-5-18-27-26(31)24(6-2)29(20-22-16-14-21(3)15-17-22)25(30)13-10-19-28(4)34(32,33)23-11-8-7-9-12-23/h7-9,11-12,14-17,24H,5-6,10,13,18-20H2,1-4H3,(H,27,31)/t24-/m1/s1. The number of nitrogens with one attached hydrogen (secondary N) is 1. The maximum atomic E-state index is 13.3. The molecule has 0 heterocycles. The summed E-state index contributed by atoms with van der Waals surface area (Å²) in [5.74, 6) is -0.321. The predicted octanol–water partition coefficient (Wildman–Crippen LogP) is 3.73. The Balaban J connectivity index is 2.10. The van der Waals surface area contributed by atoms with Crippen LogP contribution in [0.3, 0.4) is 0 Å². The van der Waals surface area contributed by atoms with E-state index in [1.54, 1.807) is 35.2 Å². The van der Waals surface area contributed by atoms with Crippen molar-refractivity contribution in [3.05, 3.63) is 65.7 Å². The van der Waals surface area contributed by atoms with Gasteiger partial charge < -0.3 is 10.2 Å². The van der Waals surface area contributed by atoms with Gasteiger partial charge in [0.2, 0.25) is 21.8 Å². The molecule has 0 saturated heterocycles. The Labute approximate surface area is 204 Å². The van der Waals surface area contributed by atoms with E-state index in [4.69, 9.17) is 0 Å². The second-order valence-electron chi connectivity index (χ2n) is 8.47. The first-order valence-electron chi connectivity index (χ1n) is 11.8. The molecule has 7 nitrogen and oxygen atoms in total. The molecule has 2 amide bonds. The van der Waals surface area contributed by atoms with Gasteiger partial charge in [-0.2, -0.15) is 0 Å². The first-order valence-corrected chi connectivity index (χ1v) is 13.3. The number of carbonyl (C=O) groups excluding carboxylic acids is 2. The zero-order valence-electron chi connectivity index (χ0n) is 20.7. The van der Waals surface area contributed by atoms with Gasteiger partial charge >= 0.3 is 0 Å². The molecule has 2 rings (SSSR count). The molecule has 8 heteroatoms. The lowest BCUT2D eigenvalue weighted by molar-refractivity contribution is -0.141. The van der Waals surface area contributed by atoms with E-state index in [1.165, 1.54) is 11.4 Å². The first kappa shape index (κ1) is 27.5. The molecule has 1 N–H and O–H groups in total. The van der Waals surface area contributed by atoms with E-state index < -0.39 is 16.1 Å². The topological polar surface area (TPSA) is 86.8 Å². The average Bonchev–Trinajstić information content (AvgIpc) is 2.84. The van der Waals surface area contributed by atoms with E-state index in [2.05, 4.69) is 5.32 Å². The molecule has 1 atom stereocenters. The Morgan fingerprint density at radius 3 is 2.24 bits per heavy atom. The minimum atomic E-state index is -3.61. The summed E-state index contributed by atoms with van der Waals surface area (Å²) in [6.07, 6.45) is 1.82. The molecule has 0 bridgehead atoms. The van der Waals surface area contributed by atoms with Gasteiger partial charge in [0.1, 0.15) is 6.04 Å². The van der Waals surface area contributed by atoms with Crippen molar-refractivity contribution >= 4 is 21.8 Å². The molecule has 2 aromatic rings. The number of hydrogen-bond acceptors (Lipinski definition) is 4. The van der Waals surface area contributed by atoms with Crippen molar-refractivity contribution in [2.45, 2.75) is 63.9 Å². The van der Waals surface area contributed by atoms with Crippen LogP contribution in [0, 0.1) is 6.92 Å². The number of aryl methyl sites for hydroxylation is 1. The second kappa shape index (κ2) is 13.2. The van der Waals surface area contributed by atoms with Gasteiger partial charge in [-0.15, -0.1) is 0 Å². The molecule has 0 aromatic heterocycles. The van der Waals surface area contributed by atoms with Crippen molar-refractivity contribution in [1.82, 2.24) is 14.5 Å². The van der Waals surface area contributed by atoms with Crippen molar-refractivity contribution in [3.63, 3.8) is 0 Å². The molecular weight excluding hydrogens is 450 g/mol. The maximum Gasteiger partial charge on any atom is 0.242 e. The normalized spacial score (nSPS) is 12.4. The molecule has 0 saturated carbocycles. The Morgan fingerprint density at radius 2 is 1.65 bits per heavy atom. The predicted molar refractivity (Wildman–Crippen MR) is 135 cm³/mol. The zero-order valence-corrected chi connectivity index (χ0v) is 21.5. The van der Waals surface area contributed by atoms with E-state index in [9.17, 15) is 18.0 Å². The molecule has 2 aromatic carbocycles. The summed E-state index contributed by atoms with van der Waals surface area (Å²) >= 11 is 0. The van der Waals surface area contributed by atoms with Crippen molar-refractivity contribution < 1.29 is 18.0 Å². The van der Waals surface area contributed by atoms with Gasteiger partial charge in [-0.25, -0.2) is 12.7 Å². The van der Waals surface area contributed by atoms with Crippen LogP contribution in [0.25, 0.3) is 0 Å². The smallest absolute Gasteiger partial charge is 0.242 e. The number of hydrogen-bond donors (Lipinski definition) is 1. The minimum Gasteiger partial charge on any atom is -0.354 e. The van der Waals surface area contributed by atoms with E-state index >= 15 is 0 Å². The van der Waals surface area contributed by atoms with Crippen molar-refractivity contribution in [2.75, 3.05) is 20.1 Å². The van der Waals surface area contributed by atoms with E-state index in [-0.39, 0.29) is 29.7 Å². The molecule has 0 unspecified atom stereocenters. The molecule has 0 fully saturated rings. The number of benzene rings is 2. The van der Waals surface area contributed by atoms with Crippen LogP contribution in [0.15, 0.2) is 59.5 Å². The zero-order chi connectivity index (χ0) is 25.1. The van der Waals surface area contributed by atoms with E-state index in [0.717, 1.165) is 17.5 Å². The summed E-state index contributed by atoms with van der Waals surface area (Å²) in [7, 11) is -2.09. The summed E-state index contributed by atoms with van der Waals surface area (Å²) in [5, 5.41) is 2.91. The largest absolute Gasteiger partial charge is 0.354 e. The number of amides is 2. The Bertz CT molecular complexity index is 1020. The number of rotatable bonds is 13. The Morgan fingerprint density at radius 1 is 1.00 bits per heavy atom. The van der Waals surface area contributed by atoms with Crippen molar-refractivity contribution in [3.8, 4) is 0 Å². The molecule has 0 aliphatic rings. The molecule has 34 heavy (non-hydrogen) atoms. The van der Waals surface area contributed by atoms with Crippen LogP contribution < -0.4 is 5.32 Å². The third-order valence-corrected chi connectivity index (χ3v) is 7.59. The van der Waals surface area contributed by atoms with Crippen LogP contribution >= 0.6 is 0 Å². The summed E-state index contributed by atoms with van der Waals surface area (Å²) < 4.78 is 26.7. The van der Waals surface area contributed by atoms with Gasteiger partial charge in [0.15, 0.2) is 0 Å². The lowest BCUT2D eigenvalue weighted by Gasteiger charge is -2.31. The van der Waals surface area contributed by atoms with E-state index in [1.807, 2.05) is 45.0 Å². The van der Waals surface area contributed by atoms with Gasteiger partial charge in [0, 0.05) is 33.1 Å². The second-order valence-corrected chi connectivity index (χ2v) is 10.5. The van der Waals surface area contributed by atoms with Crippen LogP contribution in [0.5, 0.6) is 0 Å². The van der Waals surface area contributed by atoms with Crippen molar-refractivity contribution in [2.24, 2.45) is 0 Å². The Kier molecular flexibility index (Phi) is 10.7. The van der Waals surface area contributed by atoms with Gasteiger partial charge in [-0.3, -0.25) is 9.59 Å². The van der Waals surface area contributed by atoms with Crippen LogP contribution in [-0.4, -0.2) is 55.6 Å². The van der Waals surface area contributed by atoms with Gasteiger partial charge in [0.25, 0.3) is 0 Å². The highest BCUT2D eigenvalue weighted by molar-refractivity contribution is 7.89. The summed E-state index contributed by atoms with van der Waals surface area (Å²) in [6, 6.07) is 15.6. The highest BCUT2D eigenvalue weighted by Crippen LogP contribution is 2.17. The van der Waals surface area contributed by atoms with E-state index in [0.29, 0.717) is 25.9 Å². The first-order chi connectivity index (χ1) is 16.2. The fraction of sp³-hybridized carbons (Fsp3) is 0.462. The quantitative estimate of drug-likeness (QED) is 0.466. The number of sulfonamides is 1. The fourth-order valence-electron chi connectivity index (χ4n) is 3.66. The monoisotopic (exact) mass is 487 g/mol. The lowest BCUT2D eigenvalue weighted by Crippen LogP contribution is -2.49. The molecular formula is C26H37N3O4S. The molecule has 0 aliphatic heterocycles. The number of carbonyl (C=O) groups is 2. The fourth-order valence-corrected chi connectivity index (χ4v) is 4.90. The van der Waals surface area contributed by atoms with Crippen LogP contribution in [0.2, 0.25) is 0 Å². The van der Waals surface area contributed by atoms with Gasteiger partial charge in [-0.05, 0) is 43.9 Å². The van der Waals surface area contributed by atoms with Crippen LogP contribution in [-0.2, 0) is 26.2 Å². The average molecular weight is 488 g/mol. The van der Waals surface area contributed by atoms with Crippen LogP contribution in [0.1, 0.15) is 50.7 Å². The molecule has 0 aliphatic carbocycles. The van der Waals surface area contributed by atoms with Gasteiger partial charge in [0.05, 0.1) is 4.90 Å². The molecule has 0 spiro atoms. The highest BCUT2D eigenvalue weighted by Gasteiger charge is 2.28. The summed E-state index contributed by atoms with van der Waals surface area (Å²) in [6.45, 7) is 6.97. The molecule has 0 radical (unpaired) electrons. The van der Waals surface area contributed by atoms with Crippen molar-refractivity contribution in [1.29, 1.82) is 0 Å². The third kappa shape index (κ3) is 7.67. The molecule has 186 valence electrons. The minimum absolute atomic E-state index is 0.151. The SMILES string of the molecule is CCCNC(=O)[C@@H](CC)N(Cc1ccc(C)cc1)C(=O)CCCN(C)S(=O)(=O)c1ccccc1. The van der Waals surface area contributed by atoms with Crippen LogP contribution in [0.4, 0.5) is 0 Å². The number of nitrogens with zero attached hydrogens (tertiary/aromatic N) is 2. The maximum absolute atomic E-state index is 13.3. The van der Waals surface area contributed by atoms with Gasteiger partial charge in [-0.1, -0.05) is 61.9 Å². The third-order valence-electron chi connectivity index (χ3n) is 5.72. The summed E-state index contributed by atoms with van der Waals surface area (Å²) in [4.78, 5) is 27.9.